The Labute approximate surface area is 102 Å². The molecule has 0 bridgehead atoms. The Morgan fingerprint density at radius 3 is 2.65 bits per heavy atom. The number of hydrogen-bond acceptors (Lipinski definition) is 3. The van der Waals surface area contributed by atoms with Crippen LogP contribution in [0.15, 0.2) is 29.2 Å². The fourth-order valence-electron chi connectivity index (χ4n) is 1.87. The van der Waals surface area contributed by atoms with E-state index in [-0.39, 0.29) is 16.1 Å². The fourth-order valence-corrected chi connectivity index (χ4v) is 2.99. The highest BCUT2D eigenvalue weighted by molar-refractivity contribution is 7.89. The highest BCUT2D eigenvalue weighted by atomic mass is 32.2. The predicted molar refractivity (Wildman–Crippen MR) is 65.2 cm³/mol. The van der Waals surface area contributed by atoms with Crippen molar-refractivity contribution in [1.29, 1.82) is 0 Å². The molecule has 0 radical (unpaired) electrons. The largest absolute Gasteiger partial charge is 0.508 e. The van der Waals surface area contributed by atoms with Gasteiger partial charge in [-0.15, -0.1) is 0 Å². The van der Waals surface area contributed by atoms with Gasteiger partial charge in [0, 0.05) is 6.54 Å². The van der Waals surface area contributed by atoms with E-state index in [4.69, 9.17) is 0 Å². The molecule has 0 aromatic heterocycles. The molecule has 0 aliphatic heterocycles. The lowest BCUT2D eigenvalue weighted by Gasteiger charge is -2.08. The predicted octanol–water partition coefficient (Wildman–Crippen LogP) is 1.72. The number of sulfonamides is 1. The van der Waals surface area contributed by atoms with Crippen molar-refractivity contribution < 1.29 is 13.5 Å². The molecule has 2 rings (SSSR count). The normalized spacial score (nSPS) is 22.4. The van der Waals surface area contributed by atoms with Crippen LogP contribution in [0.2, 0.25) is 0 Å². The Balaban J connectivity index is 2.04. The number of hydrogen-bond donors (Lipinski definition) is 2. The van der Waals surface area contributed by atoms with E-state index >= 15 is 0 Å². The van der Waals surface area contributed by atoms with Crippen LogP contribution in [0.1, 0.15) is 20.3 Å². The second-order valence-electron chi connectivity index (χ2n) is 5.24. The first-order valence-corrected chi connectivity index (χ1v) is 7.08. The van der Waals surface area contributed by atoms with E-state index in [1.807, 2.05) is 0 Å². The summed E-state index contributed by atoms with van der Waals surface area (Å²) in [5, 5.41) is 9.26. The van der Waals surface area contributed by atoms with Gasteiger partial charge in [0.05, 0.1) is 4.90 Å². The molecular formula is C12H17NO3S. The molecule has 1 aromatic carbocycles. The molecule has 17 heavy (non-hydrogen) atoms. The number of phenolic OH excluding ortho intramolecular Hbond substituents is 1. The van der Waals surface area contributed by atoms with Crippen LogP contribution in [0.5, 0.6) is 5.75 Å². The van der Waals surface area contributed by atoms with Gasteiger partial charge in [-0.05, 0) is 36.0 Å². The van der Waals surface area contributed by atoms with Crippen molar-refractivity contribution in [3.63, 3.8) is 0 Å². The van der Waals surface area contributed by atoms with Crippen LogP contribution in [-0.2, 0) is 10.0 Å². The standard InChI is InChI=1S/C12H17NO3S/c1-12(2)7-9(12)8-13-17(15,16)11-5-3-4-10(14)6-11/h3-6,9,13-14H,7-8H2,1-2H3. The Hall–Kier alpha value is -1.07. The van der Waals surface area contributed by atoms with Crippen LogP contribution in [0.25, 0.3) is 0 Å². The van der Waals surface area contributed by atoms with Crippen molar-refractivity contribution in [3.8, 4) is 5.75 Å². The van der Waals surface area contributed by atoms with Crippen molar-refractivity contribution >= 4 is 10.0 Å². The Kier molecular flexibility index (Phi) is 2.91. The summed E-state index contributed by atoms with van der Waals surface area (Å²) in [6.45, 7) is 4.71. The molecular weight excluding hydrogens is 238 g/mol. The maximum absolute atomic E-state index is 11.9. The van der Waals surface area contributed by atoms with E-state index in [0.717, 1.165) is 6.42 Å². The van der Waals surface area contributed by atoms with Gasteiger partial charge in [0.1, 0.15) is 5.75 Å². The van der Waals surface area contributed by atoms with Gasteiger partial charge < -0.3 is 5.11 Å². The van der Waals surface area contributed by atoms with Crippen LogP contribution in [0, 0.1) is 11.3 Å². The molecule has 1 saturated carbocycles. The smallest absolute Gasteiger partial charge is 0.240 e. The van der Waals surface area contributed by atoms with Crippen molar-refractivity contribution in [2.24, 2.45) is 11.3 Å². The molecule has 4 nitrogen and oxygen atoms in total. The summed E-state index contributed by atoms with van der Waals surface area (Å²) in [6.07, 6.45) is 1.05. The molecule has 0 saturated heterocycles. The zero-order valence-corrected chi connectivity index (χ0v) is 10.8. The van der Waals surface area contributed by atoms with E-state index in [1.54, 1.807) is 0 Å². The fraction of sp³-hybridized carbons (Fsp3) is 0.500. The summed E-state index contributed by atoms with van der Waals surface area (Å²) in [5.41, 5.74) is 0.251. The van der Waals surface area contributed by atoms with Crippen molar-refractivity contribution in [1.82, 2.24) is 4.72 Å². The summed E-state index contributed by atoms with van der Waals surface area (Å²) in [6, 6.07) is 5.69. The van der Waals surface area contributed by atoms with Crippen LogP contribution >= 0.6 is 0 Å². The Morgan fingerprint density at radius 1 is 1.47 bits per heavy atom. The first-order chi connectivity index (χ1) is 7.81. The van der Waals surface area contributed by atoms with E-state index in [0.29, 0.717) is 12.5 Å². The maximum Gasteiger partial charge on any atom is 0.240 e. The molecule has 94 valence electrons. The molecule has 0 spiro atoms. The summed E-state index contributed by atoms with van der Waals surface area (Å²) < 4.78 is 26.4. The van der Waals surface area contributed by atoms with E-state index in [9.17, 15) is 13.5 Å². The molecule has 0 heterocycles. The first-order valence-electron chi connectivity index (χ1n) is 5.60. The topological polar surface area (TPSA) is 66.4 Å². The van der Waals surface area contributed by atoms with Crippen molar-refractivity contribution in [2.75, 3.05) is 6.54 Å². The average Bonchev–Trinajstić information content (AvgIpc) is 2.84. The van der Waals surface area contributed by atoms with Crippen molar-refractivity contribution in [2.45, 2.75) is 25.2 Å². The van der Waals surface area contributed by atoms with Gasteiger partial charge in [-0.1, -0.05) is 19.9 Å². The zero-order chi connectivity index (χ0) is 12.7. The second-order valence-corrected chi connectivity index (χ2v) is 7.01. The Bertz CT molecular complexity index is 522. The van der Waals surface area contributed by atoms with Gasteiger partial charge in [-0.25, -0.2) is 13.1 Å². The average molecular weight is 255 g/mol. The zero-order valence-electron chi connectivity index (χ0n) is 9.97. The molecule has 0 amide bonds. The van der Waals surface area contributed by atoms with Gasteiger partial charge in [0.15, 0.2) is 0 Å². The van der Waals surface area contributed by atoms with Crippen LogP contribution < -0.4 is 4.72 Å². The van der Waals surface area contributed by atoms with Crippen LogP contribution in [0.4, 0.5) is 0 Å². The van der Waals surface area contributed by atoms with Crippen LogP contribution in [0.3, 0.4) is 0 Å². The summed E-state index contributed by atoms with van der Waals surface area (Å²) in [4.78, 5) is 0.107. The van der Waals surface area contributed by atoms with E-state index in [2.05, 4.69) is 18.6 Å². The number of aromatic hydroxyl groups is 1. The maximum atomic E-state index is 11.9. The monoisotopic (exact) mass is 255 g/mol. The quantitative estimate of drug-likeness (QED) is 0.861. The van der Waals surface area contributed by atoms with Crippen LogP contribution in [-0.4, -0.2) is 20.1 Å². The lowest BCUT2D eigenvalue weighted by Crippen LogP contribution is -2.26. The number of nitrogens with one attached hydrogen (secondary N) is 1. The lowest BCUT2D eigenvalue weighted by atomic mass is 10.1. The number of benzene rings is 1. The third kappa shape index (κ3) is 2.79. The molecule has 1 aliphatic rings. The highest BCUT2D eigenvalue weighted by Gasteiger charge is 2.45. The van der Waals surface area contributed by atoms with Gasteiger partial charge in [-0.2, -0.15) is 0 Å². The van der Waals surface area contributed by atoms with Gasteiger partial charge in [-0.3, -0.25) is 0 Å². The van der Waals surface area contributed by atoms with E-state index in [1.165, 1.54) is 24.3 Å². The third-order valence-corrected chi connectivity index (χ3v) is 4.79. The molecule has 2 N–H and O–H groups in total. The minimum absolute atomic E-state index is 0.0420. The summed E-state index contributed by atoms with van der Waals surface area (Å²) in [5.74, 6) is 0.370. The second kappa shape index (κ2) is 3.99. The summed E-state index contributed by atoms with van der Waals surface area (Å²) >= 11 is 0. The lowest BCUT2D eigenvalue weighted by molar-refractivity contribution is 0.473. The van der Waals surface area contributed by atoms with Crippen molar-refractivity contribution in [3.05, 3.63) is 24.3 Å². The molecule has 5 heteroatoms. The molecule has 1 fully saturated rings. The van der Waals surface area contributed by atoms with Gasteiger partial charge >= 0.3 is 0 Å². The molecule has 1 aliphatic carbocycles. The highest BCUT2D eigenvalue weighted by Crippen LogP contribution is 2.51. The third-order valence-electron chi connectivity index (χ3n) is 3.37. The minimum atomic E-state index is -3.50. The molecule has 1 aromatic rings. The molecule has 1 unspecified atom stereocenters. The minimum Gasteiger partial charge on any atom is -0.508 e. The SMILES string of the molecule is CC1(C)CC1CNS(=O)(=O)c1cccc(O)c1. The number of rotatable bonds is 4. The summed E-state index contributed by atoms with van der Waals surface area (Å²) in [7, 11) is -3.50. The molecule has 1 atom stereocenters. The van der Waals surface area contributed by atoms with Gasteiger partial charge in [0.25, 0.3) is 0 Å². The van der Waals surface area contributed by atoms with Gasteiger partial charge in [0.2, 0.25) is 10.0 Å². The van der Waals surface area contributed by atoms with E-state index < -0.39 is 10.0 Å². The number of phenols is 1. The first kappa shape index (κ1) is 12.4. The Morgan fingerprint density at radius 2 is 2.12 bits per heavy atom.